The van der Waals surface area contributed by atoms with E-state index in [2.05, 4.69) is 5.10 Å². The summed E-state index contributed by atoms with van der Waals surface area (Å²) in [6.07, 6.45) is 3.65. The molecule has 1 aromatic rings. The summed E-state index contributed by atoms with van der Waals surface area (Å²) in [5.74, 6) is 0.832. The summed E-state index contributed by atoms with van der Waals surface area (Å²) in [4.78, 5) is 0. The van der Waals surface area contributed by atoms with E-state index in [0.717, 1.165) is 11.4 Å². The molecule has 1 rings (SSSR count). The zero-order chi connectivity index (χ0) is 11.3. The van der Waals surface area contributed by atoms with E-state index in [1.165, 1.54) is 0 Å². The molecule has 0 bridgehead atoms. The van der Waals surface area contributed by atoms with Crippen LogP contribution in [0.2, 0.25) is 5.02 Å². The molecule has 1 heterocycles. The molecular weight excluding hydrogens is 234 g/mol. The Bertz CT molecular complexity index is 306. The molecule has 0 radical (unpaired) electrons. The lowest BCUT2D eigenvalue weighted by atomic mass is 10.2. The number of thioether (sulfide) groups is 1. The molecule has 6 heteroatoms. The molecule has 0 aliphatic rings. The third-order valence-corrected chi connectivity index (χ3v) is 3.02. The number of hydrogen-bond acceptors (Lipinski definition) is 4. The van der Waals surface area contributed by atoms with Gasteiger partial charge in [-0.3, -0.25) is 4.68 Å². The maximum atomic E-state index is 6.04. The first-order valence-corrected chi connectivity index (χ1v) is 6.42. The van der Waals surface area contributed by atoms with Crippen LogP contribution in [-0.2, 0) is 11.3 Å². The molecule has 1 unspecified atom stereocenters. The van der Waals surface area contributed by atoms with Gasteiger partial charge in [-0.15, -0.1) is 0 Å². The Morgan fingerprint density at radius 3 is 3.07 bits per heavy atom. The van der Waals surface area contributed by atoms with Gasteiger partial charge < -0.3 is 10.5 Å². The van der Waals surface area contributed by atoms with Crippen LogP contribution in [0.1, 0.15) is 11.7 Å². The zero-order valence-corrected chi connectivity index (χ0v) is 10.5. The van der Waals surface area contributed by atoms with Gasteiger partial charge in [0, 0.05) is 12.9 Å². The highest BCUT2D eigenvalue weighted by atomic mass is 35.5. The van der Waals surface area contributed by atoms with Gasteiger partial charge in [-0.2, -0.15) is 16.9 Å². The van der Waals surface area contributed by atoms with Crippen molar-refractivity contribution in [1.82, 2.24) is 9.78 Å². The highest BCUT2D eigenvalue weighted by Crippen LogP contribution is 2.23. The lowest BCUT2D eigenvalue weighted by molar-refractivity contribution is 0.182. The van der Waals surface area contributed by atoms with Gasteiger partial charge >= 0.3 is 0 Å². The Balaban J connectivity index is 2.78. The molecule has 0 saturated carbocycles. The van der Waals surface area contributed by atoms with Crippen molar-refractivity contribution in [2.75, 3.05) is 25.7 Å². The molecule has 2 N–H and O–H groups in total. The van der Waals surface area contributed by atoms with Crippen LogP contribution in [0, 0.1) is 0 Å². The van der Waals surface area contributed by atoms with Crippen LogP contribution in [0.4, 0.5) is 0 Å². The van der Waals surface area contributed by atoms with E-state index in [0.29, 0.717) is 18.2 Å². The van der Waals surface area contributed by atoms with Crippen molar-refractivity contribution in [2.45, 2.75) is 12.6 Å². The molecule has 0 aliphatic heterocycles. The normalized spacial score (nSPS) is 13.1. The van der Waals surface area contributed by atoms with Crippen molar-refractivity contribution in [3.8, 4) is 0 Å². The molecule has 15 heavy (non-hydrogen) atoms. The molecule has 0 saturated heterocycles. The van der Waals surface area contributed by atoms with Crippen molar-refractivity contribution >= 4 is 23.4 Å². The van der Waals surface area contributed by atoms with Gasteiger partial charge in [0.05, 0.1) is 36.1 Å². The van der Waals surface area contributed by atoms with Gasteiger partial charge in [0.25, 0.3) is 0 Å². The van der Waals surface area contributed by atoms with Crippen LogP contribution in [0.15, 0.2) is 6.20 Å². The number of methoxy groups -OCH3 is 1. The van der Waals surface area contributed by atoms with Crippen molar-refractivity contribution in [3.63, 3.8) is 0 Å². The first kappa shape index (κ1) is 12.8. The van der Waals surface area contributed by atoms with E-state index in [4.69, 9.17) is 22.1 Å². The topological polar surface area (TPSA) is 53.1 Å². The second-order valence-corrected chi connectivity index (χ2v) is 4.47. The smallest absolute Gasteiger partial charge is 0.0834 e. The van der Waals surface area contributed by atoms with E-state index < -0.39 is 0 Å². The quantitative estimate of drug-likeness (QED) is 0.831. The minimum absolute atomic E-state index is 0.0770. The van der Waals surface area contributed by atoms with Crippen LogP contribution in [0.3, 0.4) is 0 Å². The van der Waals surface area contributed by atoms with Gasteiger partial charge in [0.15, 0.2) is 0 Å². The summed E-state index contributed by atoms with van der Waals surface area (Å²) >= 11 is 7.73. The lowest BCUT2D eigenvalue weighted by Crippen LogP contribution is -2.20. The minimum atomic E-state index is -0.0770. The minimum Gasteiger partial charge on any atom is -0.383 e. The number of nitrogens with two attached hydrogens (primary N) is 1. The van der Waals surface area contributed by atoms with Gasteiger partial charge in [0.2, 0.25) is 0 Å². The fourth-order valence-corrected chi connectivity index (χ4v) is 2.15. The Morgan fingerprint density at radius 2 is 2.47 bits per heavy atom. The maximum absolute atomic E-state index is 6.04. The van der Waals surface area contributed by atoms with E-state index in [-0.39, 0.29) is 6.04 Å². The number of hydrogen-bond donors (Lipinski definition) is 1. The molecule has 86 valence electrons. The summed E-state index contributed by atoms with van der Waals surface area (Å²) in [7, 11) is 1.66. The fourth-order valence-electron chi connectivity index (χ4n) is 1.35. The number of halogens is 1. The Labute approximate surface area is 99.1 Å². The zero-order valence-electron chi connectivity index (χ0n) is 8.94. The van der Waals surface area contributed by atoms with Crippen LogP contribution in [0.5, 0.6) is 0 Å². The fraction of sp³-hybridized carbons (Fsp3) is 0.667. The predicted molar refractivity (Wildman–Crippen MR) is 64.4 cm³/mol. The second kappa shape index (κ2) is 6.37. The summed E-state index contributed by atoms with van der Waals surface area (Å²) in [5.41, 5.74) is 6.91. The average molecular weight is 250 g/mol. The second-order valence-electron chi connectivity index (χ2n) is 3.16. The average Bonchev–Trinajstić information content (AvgIpc) is 2.57. The number of ether oxygens (including phenoxy) is 1. The largest absolute Gasteiger partial charge is 0.383 e. The highest BCUT2D eigenvalue weighted by molar-refractivity contribution is 7.98. The first-order valence-electron chi connectivity index (χ1n) is 4.65. The predicted octanol–water partition coefficient (Wildman–Crippen LogP) is 1.55. The van der Waals surface area contributed by atoms with Crippen molar-refractivity contribution in [3.05, 3.63) is 16.9 Å². The van der Waals surface area contributed by atoms with Gasteiger partial charge in [-0.1, -0.05) is 11.6 Å². The van der Waals surface area contributed by atoms with Crippen LogP contribution in [0.25, 0.3) is 0 Å². The van der Waals surface area contributed by atoms with E-state index in [9.17, 15) is 0 Å². The van der Waals surface area contributed by atoms with Crippen LogP contribution >= 0.6 is 23.4 Å². The van der Waals surface area contributed by atoms with Crippen LogP contribution < -0.4 is 5.73 Å². The summed E-state index contributed by atoms with van der Waals surface area (Å²) < 4.78 is 6.81. The molecule has 0 fully saturated rings. The monoisotopic (exact) mass is 249 g/mol. The Hall–Kier alpha value is -0.230. The summed E-state index contributed by atoms with van der Waals surface area (Å²) in [6.45, 7) is 1.29. The SMILES string of the molecule is COCCn1ncc(Cl)c1C(N)CSC. The standard InChI is InChI=1S/C9H16ClN3OS/c1-14-4-3-13-9(7(10)5-12-13)8(11)6-15-2/h5,8H,3-4,6,11H2,1-2H3. The number of aromatic nitrogens is 2. The highest BCUT2D eigenvalue weighted by Gasteiger charge is 2.16. The van der Waals surface area contributed by atoms with E-state index in [1.807, 2.05) is 10.9 Å². The molecule has 0 amide bonds. The third-order valence-electron chi connectivity index (χ3n) is 2.04. The summed E-state index contributed by atoms with van der Waals surface area (Å²) in [5, 5.41) is 4.80. The number of rotatable bonds is 6. The van der Waals surface area contributed by atoms with Crippen molar-refractivity contribution < 1.29 is 4.74 Å². The Morgan fingerprint density at radius 1 is 1.73 bits per heavy atom. The molecule has 4 nitrogen and oxygen atoms in total. The van der Waals surface area contributed by atoms with Crippen molar-refractivity contribution in [2.24, 2.45) is 5.73 Å². The van der Waals surface area contributed by atoms with Gasteiger partial charge in [-0.25, -0.2) is 0 Å². The van der Waals surface area contributed by atoms with E-state index in [1.54, 1.807) is 25.1 Å². The lowest BCUT2D eigenvalue weighted by Gasteiger charge is -2.13. The molecule has 1 aromatic heterocycles. The summed E-state index contributed by atoms with van der Waals surface area (Å²) in [6, 6.07) is -0.0770. The third kappa shape index (κ3) is 3.38. The maximum Gasteiger partial charge on any atom is 0.0834 e. The van der Waals surface area contributed by atoms with Gasteiger partial charge in [-0.05, 0) is 6.26 Å². The first-order chi connectivity index (χ1) is 7.20. The van der Waals surface area contributed by atoms with Crippen molar-refractivity contribution in [1.29, 1.82) is 0 Å². The molecular formula is C9H16ClN3OS. The number of nitrogens with zero attached hydrogens (tertiary/aromatic N) is 2. The Kier molecular flexibility index (Phi) is 5.45. The molecule has 0 aliphatic carbocycles. The van der Waals surface area contributed by atoms with Gasteiger partial charge in [0.1, 0.15) is 0 Å². The molecule has 1 atom stereocenters. The van der Waals surface area contributed by atoms with Crippen LogP contribution in [-0.4, -0.2) is 35.5 Å². The molecule has 0 aromatic carbocycles. The van der Waals surface area contributed by atoms with E-state index >= 15 is 0 Å². The molecule has 0 spiro atoms.